The van der Waals surface area contributed by atoms with Gasteiger partial charge in [0.1, 0.15) is 11.4 Å². The minimum atomic E-state index is -1.06. The minimum absolute atomic E-state index is 0.249. The number of nitrogens with zero attached hydrogens (tertiary/aromatic N) is 1. The molecule has 4 rings (SSSR count). The van der Waals surface area contributed by atoms with Crippen LogP contribution in [0.3, 0.4) is 0 Å². The maximum absolute atomic E-state index is 12.7. The molecule has 0 bridgehead atoms. The summed E-state index contributed by atoms with van der Waals surface area (Å²) in [5, 5.41) is 3.13. The maximum atomic E-state index is 12.7. The highest BCUT2D eigenvalue weighted by Gasteiger charge is 2.34. The average Bonchev–Trinajstić information content (AvgIpc) is 2.98. The Morgan fingerprint density at radius 2 is 1.96 bits per heavy atom. The van der Waals surface area contributed by atoms with Crippen molar-refractivity contribution in [1.82, 2.24) is 4.98 Å². The molecule has 1 aromatic heterocycles. The van der Waals surface area contributed by atoms with Gasteiger partial charge >= 0.3 is 11.9 Å². The van der Waals surface area contributed by atoms with Crippen molar-refractivity contribution in [2.45, 2.75) is 13.2 Å². The molecule has 2 heterocycles. The molecular weight excluding hydrogens is 344 g/mol. The molecule has 1 aliphatic rings. The number of hydrogen-bond donors (Lipinski definition) is 1. The highest BCUT2D eigenvalue weighted by molar-refractivity contribution is 5.97. The number of aryl methyl sites for hydroxylation is 1. The molecule has 0 fully saturated rings. The van der Waals surface area contributed by atoms with Crippen LogP contribution in [0.1, 0.15) is 38.1 Å². The fourth-order valence-electron chi connectivity index (χ4n) is 2.89. The lowest BCUT2D eigenvalue weighted by molar-refractivity contribution is -0.0723. The van der Waals surface area contributed by atoms with Crippen LogP contribution in [0, 0.1) is 6.92 Å². The molecule has 6 heteroatoms. The zero-order valence-electron chi connectivity index (χ0n) is 14.5. The van der Waals surface area contributed by atoms with E-state index in [0.717, 1.165) is 11.3 Å². The van der Waals surface area contributed by atoms with Crippen LogP contribution < -0.4 is 5.32 Å². The normalized spacial score (nSPS) is 15.0. The second kappa shape index (κ2) is 6.92. The van der Waals surface area contributed by atoms with Crippen LogP contribution in [-0.4, -0.2) is 16.9 Å². The molecule has 1 aliphatic heterocycles. The third-order valence-electron chi connectivity index (χ3n) is 4.17. The second-order valence-corrected chi connectivity index (χ2v) is 6.12. The molecule has 1 N–H and O–H groups in total. The second-order valence-electron chi connectivity index (χ2n) is 6.12. The summed E-state index contributed by atoms with van der Waals surface area (Å²) in [7, 11) is 0. The van der Waals surface area contributed by atoms with E-state index < -0.39 is 18.2 Å². The number of nitrogens with one attached hydrogen (secondary N) is 1. The van der Waals surface area contributed by atoms with Gasteiger partial charge in [0.25, 0.3) is 6.29 Å². The average molecular weight is 360 g/mol. The van der Waals surface area contributed by atoms with Crippen molar-refractivity contribution in [3.8, 4) is 0 Å². The molecule has 0 saturated carbocycles. The Balaban J connectivity index is 1.57. The van der Waals surface area contributed by atoms with Crippen LogP contribution in [0.4, 0.5) is 11.5 Å². The molecule has 27 heavy (non-hydrogen) atoms. The Bertz CT molecular complexity index is 1030. The molecule has 134 valence electrons. The van der Waals surface area contributed by atoms with E-state index in [-0.39, 0.29) is 5.56 Å². The zero-order chi connectivity index (χ0) is 18.8. The third-order valence-corrected chi connectivity index (χ3v) is 4.17. The van der Waals surface area contributed by atoms with E-state index in [1.807, 2.05) is 31.2 Å². The number of rotatable bonds is 4. The van der Waals surface area contributed by atoms with Crippen molar-refractivity contribution in [2.24, 2.45) is 0 Å². The summed E-state index contributed by atoms with van der Waals surface area (Å²) in [5.74, 6) is -0.772. The lowest BCUT2D eigenvalue weighted by Crippen LogP contribution is -2.14. The summed E-state index contributed by atoms with van der Waals surface area (Å²) in [6.07, 6.45) is 0.521. The predicted octanol–water partition coefficient (Wildman–Crippen LogP) is 4.16. The molecule has 1 unspecified atom stereocenters. The van der Waals surface area contributed by atoms with Gasteiger partial charge in [-0.05, 0) is 42.8 Å². The SMILES string of the molecule is Cc1cccc(Nc2ncccc2C(=O)OC2OC(=O)c3ccccc32)c1. The van der Waals surface area contributed by atoms with Crippen LogP contribution in [0.2, 0.25) is 0 Å². The molecule has 0 aliphatic carbocycles. The number of ether oxygens (including phenoxy) is 2. The van der Waals surface area contributed by atoms with Crippen molar-refractivity contribution in [3.05, 3.63) is 89.1 Å². The van der Waals surface area contributed by atoms with Gasteiger partial charge in [0, 0.05) is 17.4 Å². The van der Waals surface area contributed by atoms with Gasteiger partial charge in [-0.25, -0.2) is 14.6 Å². The van der Waals surface area contributed by atoms with Crippen molar-refractivity contribution in [3.63, 3.8) is 0 Å². The third kappa shape index (κ3) is 3.37. The van der Waals surface area contributed by atoms with Crippen LogP contribution in [-0.2, 0) is 9.47 Å². The molecule has 0 spiro atoms. The number of pyridine rings is 1. The number of aromatic nitrogens is 1. The largest absolute Gasteiger partial charge is 0.417 e. The first kappa shape index (κ1) is 16.8. The summed E-state index contributed by atoms with van der Waals surface area (Å²) in [5.41, 5.74) is 3.07. The summed E-state index contributed by atoms with van der Waals surface area (Å²) in [6.45, 7) is 1.98. The van der Waals surface area contributed by atoms with Gasteiger partial charge in [0.2, 0.25) is 0 Å². The lowest BCUT2D eigenvalue weighted by Gasteiger charge is -2.14. The summed E-state index contributed by atoms with van der Waals surface area (Å²) < 4.78 is 10.6. The number of fused-ring (bicyclic) bond motifs is 1. The fourth-order valence-corrected chi connectivity index (χ4v) is 2.89. The molecule has 6 nitrogen and oxygen atoms in total. The van der Waals surface area contributed by atoms with E-state index in [1.54, 1.807) is 42.6 Å². The van der Waals surface area contributed by atoms with Crippen LogP contribution >= 0.6 is 0 Å². The van der Waals surface area contributed by atoms with Gasteiger partial charge in [-0.3, -0.25) is 0 Å². The van der Waals surface area contributed by atoms with Gasteiger partial charge in [-0.15, -0.1) is 0 Å². The summed E-state index contributed by atoms with van der Waals surface area (Å²) in [6, 6.07) is 17.8. The Morgan fingerprint density at radius 3 is 2.81 bits per heavy atom. The summed E-state index contributed by atoms with van der Waals surface area (Å²) >= 11 is 0. The Kier molecular flexibility index (Phi) is 4.30. The van der Waals surface area contributed by atoms with Gasteiger partial charge in [0.05, 0.1) is 5.56 Å². The van der Waals surface area contributed by atoms with Crippen molar-refractivity contribution >= 4 is 23.4 Å². The van der Waals surface area contributed by atoms with E-state index in [0.29, 0.717) is 16.9 Å². The van der Waals surface area contributed by atoms with E-state index in [9.17, 15) is 9.59 Å². The maximum Gasteiger partial charge on any atom is 0.345 e. The standard InChI is InChI=1S/C21H16N2O4/c1-13-6-4-7-14(12-13)23-18-17(10-5-11-22-18)20(25)27-21-16-9-3-2-8-15(16)19(24)26-21/h2-12,21H,1H3,(H,22,23). The minimum Gasteiger partial charge on any atom is -0.417 e. The van der Waals surface area contributed by atoms with Gasteiger partial charge < -0.3 is 14.8 Å². The predicted molar refractivity (Wildman–Crippen MR) is 98.7 cm³/mol. The number of esters is 2. The number of carbonyl (C=O) groups is 2. The Morgan fingerprint density at radius 1 is 1.11 bits per heavy atom. The van der Waals surface area contributed by atoms with Gasteiger partial charge in [-0.2, -0.15) is 0 Å². The molecule has 1 atom stereocenters. The molecule has 0 saturated heterocycles. The number of anilines is 2. The fraction of sp³-hybridized carbons (Fsp3) is 0.0952. The van der Waals surface area contributed by atoms with E-state index in [4.69, 9.17) is 9.47 Å². The van der Waals surface area contributed by atoms with Crippen molar-refractivity contribution in [2.75, 3.05) is 5.32 Å². The van der Waals surface area contributed by atoms with Gasteiger partial charge in [-0.1, -0.05) is 30.3 Å². The summed E-state index contributed by atoms with van der Waals surface area (Å²) in [4.78, 5) is 28.8. The number of cyclic esters (lactones) is 1. The van der Waals surface area contributed by atoms with Crippen LogP contribution in [0.5, 0.6) is 0 Å². The van der Waals surface area contributed by atoms with E-state index in [2.05, 4.69) is 10.3 Å². The Labute approximate surface area is 155 Å². The number of hydrogen-bond acceptors (Lipinski definition) is 6. The van der Waals surface area contributed by atoms with Crippen LogP contribution in [0.25, 0.3) is 0 Å². The smallest absolute Gasteiger partial charge is 0.345 e. The first-order valence-corrected chi connectivity index (χ1v) is 8.41. The first-order valence-electron chi connectivity index (χ1n) is 8.41. The highest BCUT2D eigenvalue weighted by Crippen LogP contribution is 2.32. The molecular formula is C21H16N2O4. The highest BCUT2D eigenvalue weighted by atomic mass is 16.7. The molecule has 2 aromatic carbocycles. The Hall–Kier alpha value is -3.67. The van der Waals surface area contributed by atoms with E-state index >= 15 is 0 Å². The van der Waals surface area contributed by atoms with E-state index in [1.165, 1.54) is 0 Å². The topological polar surface area (TPSA) is 77.5 Å². The lowest BCUT2D eigenvalue weighted by atomic mass is 10.1. The zero-order valence-corrected chi connectivity index (χ0v) is 14.5. The first-order chi connectivity index (χ1) is 13.1. The number of carbonyl (C=O) groups excluding carboxylic acids is 2. The molecule has 0 amide bonds. The van der Waals surface area contributed by atoms with Crippen LogP contribution in [0.15, 0.2) is 66.9 Å². The molecule has 3 aromatic rings. The monoisotopic (exact) mass is 360 g/mol. The van der Waals surface area contributed by atoms with Crippen molar-refractivity contribution < 1.29 is 19.1 Å². The number of benzene rings is 2. The molecule has 0 radical (unpaired) electrons. The van der Waals surface area contributed by atoms with Gasteiger partial charge in [0.15, 0.2) is 0 Å². The quantitative estimate of drug-likeness (QED) is 0.704. The van der Waals surface area contributed by atoms with Crippen molar-refractivity contribution in [1.29, 1.82) is 0 Å².